The lowest BCUT2D eigenvalue weighted by atomic mass is 9.71. The lowest BCUT2D eigenvalue weighted by Gasteiger charge is -2.33. The molecule has 1 fully saturated rings. The van der Waals surface area contributed by atoms with Crippen molar-refractivity contribution in [3.8, 4) is 22.3 Å². The highest BCUT2D eigenvalue weighted by Gasteiger charge is 2.43. The van der Waals surface area contributed by atoms with Gasteiger partial charge < -0.3 is 0 Å². The molecule has 4 aromatic rings. The van der Waals surface area contributed by atoms with Crippen LogP contribution >= 0.6 is 0 Å². The van der Waals surface area contributed by atoms with E-state index in [1.165, 1.54) is 92.4 Å². The van der Waals surface area contributed by atoms with Gasteiger partial charge in [-0.25, -0.2) is 0 Å². The Morgan fingerprint density at radius 2 is 0.830 bits per heavy atom. The maximum absolute atomic E-state index is 2.64. The fraction of sp³-hybridized carbons (Fsp3) is 0.404. The maximum Gasteiger partial charge on any atom is 0.0134 e. The molecule has 4 aromatic carbocycles. The molecular weight excluding hydrogens is 565 g/mol. The molecule has 0 spiro atoms. The number of benzene rings is 4. The second-order valence-electron chi connectivity index (χ2n) is 16.1. The first-order valence-electron chi connectivity index (χ1n) is 18.5. The Bertz CT molecular complexity index is 1690. The molecule has 0 N–H and O–H groups in total. The molecule has 3 aliphatic rings. The largest absolute Gasteiger partial charge is 0.0613 e. The van der Waals surface area contributed by atoms with Crippen molar-refractivity contribution in [1.29, 1.82) is 0 Å². The first-order chi connectivity index (χ1) is 22.5. The zero-order valence-electron chi connectivity index (χ0n) is 30.1. The van der Waals surface area contributed by atoms with Gasteiger partial charge in [0.05, 0.1) is 0 Å². The van der Waals surface area contributed by atoms with E-state index in [0.29, 0.717) is 23.7 Å². The van der Waals surface area contributed by atoms with Gasteiger partial charge in [0.2, 0.25) is 0 Å². The molecule has 3 aliphatic carbocycles. The third-order valence-corrected chi connectivity index (χ3v) is 11.7. The molecule has 0 nitrogen and oxygen atoms in total. The normalized spacial score (nSPS) is 16.8. The second-order valence-corrected chi connectivity index (χ2v) is 16.1. The Balaban J connectivity index is 1.30. The molecule has 1 saturated carbocycles. The number of rotatable bonds is 8. The lowest BCUT2D eigenvalue weighted by Crippen LogP contribution is -2.22. The molecule has 47 heavy (non-hydrogen) atoms. The van der Waals surface area contributed by atoms with Crippen LogP contribution in [0.25, 0.3) is 34.4 Å². The van der Waals surface area contributed by atoms with Gasteiger partial charge in [-0.3, -0.25) is 0 Å². The number of hydrogen-bond acceptors (Lipinski definition) is 0. The van der Waals surface area contributed by atoms with Crippen LogP contribution in [0.15, 0.2) is 83.9 Å². The summed E-state index contributed by atoms with van der Waals surface area (Å²) in [6, 6.07) is 28.8. The summed E-state index contributed by atoms with van der Waals surface area (Å²) in [7, 11) is 0. The molecule has 0 amide bonds. The van der Waals surface area contributed by atoms with Crippen molar-refractivity contribution in [3.63, 3.8) is 0 Å². The zero-order valence-corrected chi connectivity index (χ0v) is 30.1. The van der Waals surface area contributed by atoms with Crippen molar-refractivity contribution in [2.24, 2.45) is 5.41 Å². The summed E-state index contributed by atoms with van der Waals surface area (Å²) >= 11 is 0. The van der Waals surface area contributed by atoms with Crippen LogP contribution in [0.5, 0.6) is 0 Å². The smallest absolute Gasteiger partial charge is 0.0134 e. The van der Waals surface area contributed by atoms with Crippen molar-refractivity contribution in [1.82, 2.24) is 0 Å². The lowest BCUT2D eigenvalue weighted by molar-refractivity contribution is 0.437. The summed E-state index contributed by atoms with van der Waals surface area (Å²) in [5, 5.41) is 0. The second kappa shape index (κ2) is 12.4. The molecule has 0 atom stereocenters. The van der Waals surface area contributed by atoms with Crippen molar-refractivity contribution in [2.75, 3.05) is 0 Å². The highest BCUT2D eigenvalue weighted by atomic mass is 14.5. The summed E-state index contributed by atoms with van der Waals surface area (Å²) in [5.41, 5.74) is 20.8. The third kappa shape index (κ3) is 5.77. The SMILES string of the molecule is CC(C)c1cc(-c2cccc3c2C=C(C2(C4=Cc5c(cccc5-c5cc(C(C)C)cc(C(C)C)c5)C4)CCCC2)C3)cc(C(C)C)c1. The average Bonchev–Trinajstić information content (AvgIpc) is 3.82. The van der Waals surface area contributed by atoms with Gasteiger partial charge in [-0.1, -0.05) is 164 Å². The van der Waals surface area contributed by atoms with Gasteiger partial charge in [0.1, 0.15) is 0 Å². The molecule has 0 aromatic heterocycles. The van der Waals surface area contributed by atoms with E-state index in [-0.39, 0.29) is 5.41 Å². The molecule has 0 radical (unpaired) electrons. The van der Waals surface area contributed by atoms with Gasteiger partial charge in [-0.2, -0.15) is 0 Å². The van der Waals surface area contributed by atoms with Crippen LogP contribution in [0.4, 0.5) is 0 Å². The topological polar surface area (TPSA) is 0 Å². The molecule has 7 rings (SSSR count). The van der Waals surface area contributed by atoms with E-state index in [2.05, 4.69) is 140 Å². The quantitative estimate of drug-likeness (QED) is 0.184. The Labute approximate surface area is 285 Å². The first-order valence-corrected chi connectivity index (χ1v) is 18.5. The van der Waals surface area contributed by atoms with Crippen molar-refractivity contribution in [2.45, 2.75) is 118 Å². The number of allylic oxidation sites excluding steroid dienone is 2. The number of fused-ring (bicyclic) bond motifs is 2. The summed E-state index contributed by atoms with van der Waals surface area (Å²) in [5.74, 6) is 2.07. The molecule has 0 heteroatoms. The molecule has 0 bridgehead atoms. The van der Waals surface area contributed by atoms with Crippen molar-refractivity contribution < 1.29 is 0 Å². The first kappa shape index (κ1) is 31.9. The highest BCUT2D eigenvalue weighted by molar-refractivity contribution is 5.85. The van der Waals surface area contributed by atoms with E-state index in [1.807, 2.05) is 0 Å². The van der Waals surface area contributed by atoms with Crippen molar-refractivity contribution in [3.05, 3.63) is 128 Å². The minimum Gasteiger partial charge on any atom is -0.0613 e. The molecule has 0 unspecified atom stereocenters. The van der Waals surface area contributed by atoms with E-state index >= 15 is 0 Å². The zero-order chi connectivity index (χ0) is 33.0. The van der Waals surface area contributed by atoms with Crippen LogP contribution < -0.4 is 0 Å². The van der Waals surface area contributed by atoms with E-state index < -0.39 is 0 Å². The van der Waals surface area contributed by atoms with Gasteiger partial charge in [0.25, 0.3) is 0 Å². The summed E-state index contributed by atoms with van der Waals surface area (Å²) in [6.07, 6.45) is 12.6. The van der Waals surface area contributed by atoms with E-state index in [1.54, 1.807) is 11.1 Å². The minimum absolute atomic E-state index is 0.165. The van der Waals surface area contributed by atoms with Gasteiger partial charge in [0.15, 0.2) is 0 Å². The fourth-order valence-electron chi connectivity index (χ4n) is 8.68. The number of hydrogen-bond donors (Lipinski definition) is 0. The monoisotopic (exact) mass is 618 g/mol. The van der Waals surface area contributed by atoms with Crippen LogP contribution in [0.1, 0.15) is 149 Å². The molecule has 242 valence electrons. The molecular formula is C47H54. The van der Waals surface area contributed by atoms with Crippen LogP contribution in [0, 0.1) is 5.41 Å². The summed E-state index contributed by atoms with van der Waals surface area (Å²) in [6.45, 7) is 18.6. The average molecular weight is 619 g/mol. The summed E-state index contributed by atoms with van der Waals surface area (Å²) < 4.78 is 0. The van der Waals surface area contributed by atoms with E-state index in [9.17, 15) is 0 Å². The highest BCUT2D eigenvalue weighted by Crippen LogP contribution is 2.57. The van der Waals surface area contributed by atoms with Gasteiger partial charge in [-0.05, 0) is 116 Å². The molecule has 0 heterocycles. The Morgan fingerprint density at radius 3 is 1.17 bits per heavy atom. The molecule has 0 saturated heterocycles. The van der Waals surface area contributed by atoms with E-state index in [4.69, 9.17) is 0 Å². The Kier molecular flexibility index (Phi) is 8.44. The van der Waals surface area contributed by atoms with Crippen LogP contribution in [0.3, 0.4) is 0 Å². The van der Waals surface area contributed by atoms with Crippen LogP contribution in [0.2, 0.25) is 0 Å². The van der Waals surface area contributed by atoms with Gasteiger partial charge in [0, 0.05) is 5.41 Å². The van der Waals surface area contributed by atoms with Gasteiger partial charge in [-0.15, -0.1) is 0 Å². The van der Waals surface area contributed by atoms with E-state index in [0.717, 1.165) is 12.8 Å². The van der Waals surface area contributed by atoms with Crippen molar-refractivity contribution >= 4 is 12.2 Å². The fourth-order valence-corrected chi connectivity index (χ4v) is 8.68. The Hall–Kier alpha value is -3.64. The van der Waals surface area contributed by atoms with Crippen LogP contribution in [-0.2, 0) is 12.8 Å². The van der Waals surface area contributed by atoms with Gasteiger partial charge >= 0.3 is 0 Å². The third-order valence-electron chi connectivity index (χ3n) is 11.7. The molecule has 0 aliphatic heterocycles. The standard InChI is InChI=1S/C47H54/c1-29(2)35-19-36(30(3)4)22-39(21-35)43-15-11-13-33-25-41(27-45(33)43)47(17-9-10-18-47)42-26-34-14-12-16-44(46(34)28-42)40-23-37(31(5)6)20-38(24-40)32(7)8/h11-16,19-24,27-32H,9-10,17-18,25-26H2,1-8H3. The predicted octanol–water partition coefficient (Wildman–Crippen LogP) is 13.7. The van der Waals surface area contributed by atoms with Crippen LogP contribution in [-0.4, -0.2) is 0 Å². The maximum atomic E-state index is 2.64. The predicted molar refractivity (Wildman–Crippen MR) is 204 cm³/mol. The summed E-state index contributed by atoms with van der Waals surface area (Å²) in [4.78, 5) is 0. The Morgan fingerprint density at radius 1 is 0.468 bits per heavy atom. The minimum atomic E-state index is 0.165.